The Balaban J connectivity index is 1.44. The summed E-state index contributed by atoms with van der Waals surface area (Å²) in [5.74, 6) is -2.16. The van der Waals surface area contributed by atoms with E-state index in [1.807, 2.05) is 0 Å². The van der Waals surface area contributed by atoms with Crippen LogP contribution in [0.3, 0.4) is 0 Å². The number of anilines is 1. The van der Waals surface area contributed by atoms with Gasteiger partial charge >= 0.3 is 12.1 Å². The lowest BCUT2D eigenvalue weighted by molar-refractivity contribution is -0.156. The van der Waals surface area contributed by atoms with Crippen molar-refractivity contribution < 1.29 is 42.0 Å². The molecule has 4 rings (SSSR count). The van der Waals surface area contributed by atoms with Crippen LogP contribution in [0.15, 0.2) is 24.8 Å². The number of nitrogens with zero attached hydrogens (tertiary/aromatic N) is 4. The van der Waals surface area contributed by atoms with E-state index in [1.165, 1.54) is 12.4 Å². The molecule has 0 aromatic carbocycles. The van der Waals surface area contributed by atoms with E-state index < -0.39 is 48.0 Å². The Hall–Kier alpha value is -3.10. The number of ether oxygens (including phenoxy) is 4. The van der Waals surface area contributed by atoms with Gasteiger partial charge in [-0.15, -0.1) is 0 Å². The molecule has 0 amide bonds. The van der Waals surface area contributed by atoms with Gasteiger partial charge in [-0.2, -0.15) is 13.2 Å². The topological polar surface area (TPSA) is 138 Å². The fraction of sp³-hybridized carbons (Fsp3) is 0.526. The maximum atomic E-state index is 12.9. The van der Waals surface area contributed by atoms with Crippen molar-refractivity contribution in [2.24, 2.45) is 0 Å². The molecule has 2 saturated heterocycles. The van der Waals surface area contributed by atoms with Gasteiger partial charge < -0.3 is 29.4 Å². The number of alkyl halides is 3. The van der Waals surface area contributed by atoms with E-state index in [1.54, 1.807) is 13.8 Å². The largest absolute Gasteiger partial charge is 0.476 e. The summed E-state index contributed by atoms with van der Waals surface area (Å²) < 4.78 is 62.2. The molecular weight excluding hydrogens is 451 g/mol. The minimum atomic E-state index is -4.63. The van der Waals surface area contributed by atoms with Gasteiger partial charge in [-0.1, -0.05) is 0 Å². The molecule has 33 heavy (non-hydrogen) atoms. The van der Waals surface area contributed by atoms with Crippen molar-refractivity contribution in [1.82, 2.24) is 19.9 Å². The third kappa shape index (κ3) is 5.29. The molecule has 2 aliphatic rings. The van der Waals surface area contributed by atoms with Crippen LogP contribution >= 0.6 is 0 Å². The molecule has 2 aromatic heterocycles. The van der Waals surface area contributed by atoms with E-state index in [2.05, 4.69) is 25.3 Å². The summed E-state index contributed by atoms with van der Waals surface area (Å²) in [7, 11) is 0. The number of halogens is 3. The van der Waals surface area contributed by atoms with E-state index in [0.717, 1.165) is 6.20 Å². The SMILES string of the molecule is CC1(C)O[C@@H]2[C@H](O1)[C@@H](Nc1cncc(C(F)(F)F)n1)CO[C@@H]2COc1cnc(C(=O)O)cn1. The zero-order chi connectivity index (χ0) is 23.8. The van der Waals surface area contributed by atoms with Gasteiger partial charge in [-0.05, 0) is 13.8 Å². The van der Waals surface area contributed by atoms with Crippen molar-refractivity contribution in [2.45, 2.75) is 50.2 Å². The molecule has 2 N–H and O–H groups in total. The van der Waals surface area contributed by atoms with Crippen LogP contribution in [-0.2, 0) is 20.4 Å². The average molecular weight is 471 g/mol. The smallest absolute Gasteiger partial charge is 0.434 e. The summed E-state index contributed by atoms with van der Waals surface area (Å²) in [5, 5.41) is 11.8. The quantitative estimate of drug-likeness (QED) is 0.637. The predicted octanol–water partition coefficient (Wildman–Crippen LogP) is 1.76. The first-order valence-electron chi connectivity index (χ1n) is 9.83. The molecule has 0 saturated carbocycles. The Morgan fingerprint density at radius 1 is 1.21 bits per heavy atom. The van der Waals surface area contributed by atoms with Crippen LogP contribution < -0.4 is 10.1 Å². The highest BCUT2D eigenvalue weighted by molar-refractivity contribution is 5.84. The molecular formula is C19H20F3N5O6. The fourth-order valence-corrected chi connectivity index (χ4v) is 3.53. The van der Waals surface area contributed by atoms with Crippen LogP contribution in [0.5, 0.6) is 5.88 Å². The number of aromatic nitrogens is 4. The van der Waals surface area contributed by atoms with Crippen molar-refractivity contribution in [2.75, 3.05) is 18.5 Å². The van der Waals surface area contributed by atoms with Gasteiger partial charge in [0.25, 0.3) is 0 Å². The van der Waals surface area contributed by atoms with E-state index in [-0.39, 0.29) is 30.6 Å². The summed E-state index contributed by atoms with van der Waals surface area (Å²) in [6, 6.07) is -0.569. The first-order valence-corrected chi connectivity index (χ1v) is 9.83. The molecule has 0 unspecified atom stereocenters. The average Bonchev–Trinajstić information content (AvgIpc) is 3.08. The van der Waals surface area contributed by atoms with Gasteiger partial charge in [-0.3, -0.25) is 4.98 Å². The molecule has 2 fully saturated rings. The van der Waals surface area contributed by atoms with Crippen molar-refractivity contribution in [3.63, 3.8) is 0 Å². The third-order valence-corrected chi connectivity index (χ3v) is 4.92. The summed E-state index contributed by atoms with van der Waals surface area (Å²) in [4.78, 5) is 25.7. The second-order valence-corrected chi connectivity index (χ2v) is 7.83. The molecule has 14 heteroatoms. The summed E-state index contributed by atoms with van der Waals surface area (Å²) in [6.45, 7) is 3.48. The minimum Gasteiger partial charge on any atom is -0.476 e. The standard InChI is InChI=1S/C19H20F3N5O6/c1-18(2)32-15-10(26-13-5-23-4-12(27-13)19(20,21)22)7-30-11(16(15)33-18)8-31-14-6-24-9(3-25-14)17(28)29/h3-6,10-11,15-16H,7-8H2,1-2H3,(H,26,27)(H,28,29)/t10-,11+,15+,16-/m0/s1. The van der Waals surface area contributed by atoms with Gasteiger partial charge in [0.05, 0.1) is 37.4 Å². The van der Waals surface area contributed by atoms with E-state index >= 15 is 0 Å². The van der Waals surface area contributed by atoms with Gasteiger partial charge in [-0.25, -0.2) is 19.7 Å². The predicted molar refractivity (Wildman–Crippen MR) is 102 cm³/mol. The number of carbonyl (C=O) groups is 1. The maximum Gasteiger partial charge on any atom is 0.434 e. The molecule has 0 radical (unpaired) electrons. The lowest BCUT2D eigenvalue weighted by Gasteiger charge is -2.37. The van der Waals surface area contributed by atoms with E-state index in [0.29, 0.717) is 6.20 Å². The maximum absolute atomic E-state index is 12.9. The summed E-state index contributed by atoms with van der Waals surface area (Å²) in [5.41, 5.74) is -1.34. The molecule has 0 bridgehead atoms. The van der Waals surface area contributed by atoms with E-state index in [9.17, 15) is 18.0 Å². The van der Waals surface area contributed by atoms with Gasteiger partial charge in [0.1, 0.15) is 30.7 Å². The third-order valence-electron chi connectivity index (χ3n) is 4.92. The molecule has 0 spiro atoms. The number of carboxylic acid groups (broad SMARTS) is 1. The normalized spacial score (nSPS) is 26.5. The molecule has 2 aromatic rings. The Morgan fingerprint density at radius 3 is 2.64 bits per heavy atom. The van der Waals surface area contributed by atoms with Crippen LogP contribution in [0.2, 0.25) is 0 Å². The number of nitrogens with one attached hydrogen (secondary N) is 1. The van der Waals surface area contributed by atoms with Gasteiger partial charge in [0.15, 0.2) is 17.2 Å². The molecule has 2 aliphatic heterocycles. The van der Waals surface area contributed by atoms with Crippen LogP contribution in [0.1, 0.15) is 30.0 Å². The number of carboxylic acids is 1. The highest BCUT2D eigenvalue weighted by atomic mass is 19.4. The second kappa shape index (κ2) is 8.68. The minimum absolute atomic E-state index is 0.00219. The highest BCUT2D eigenvalue weighted by Crippen LogP contribution is 2.36. The first kappa shape index (κ1) is 23.1. The van der Waals surface area contributed by atoms with Gasteiger partial charge in [0.2, 0.25) is 5.88 Å². The zero-order valence-corrected chi connectivity index (χ0v) is 17.4. The number of hydrogen-bond donors (Lipinski definition) is 2. The van der Waals surface area contributed by atoms with Crippen LogP contribution in [0.25, 0.3) is 0 Å². The Bertz CT molecular complexity index is 1010. The van der Waals surface area contributed by atoms with Crippen LogP contribution in [-0.4, -0.2) is 74.4 Å². The highest BCUT2D eigenvalue weighted by Gasteiger charge is 2.52. The molecule has 178 valence electrons. The first-order chi connectivity index (χ1) is 15.5. The number of rotatable bonds is 6. The lowest BCUT2D eigenvalue weighted by Crippen LogP contribution is -2.55. The molecule has 4 heterocycles. The second-order valence-electron chi connectivity index (χ2n) is 7.83. The summed E-state index contributed by atoms with van der Waals surface area (Å²) in [6.07, 6.45) is -2.35. The molecule has 11 nitrogen and oxygen atoms in total. The van der Waals surface area contributed by atoms with Crippen molar-refractivity contribution in [3.05, 3.63) is 36.2 Å². The number of aromatic carboxylic acids is 1. The number of fused-ring (bicyclic) bond motifs is 1. The van der Waals surface area contributed by atoms with Crippen molar-refractivity contribution in [3.8, 4) is 5.88 Å². The van der Waals surface area contributed by atoms with E-state index in [4.69, 9.17) is 24.1 Å². The summed E-state index contributed by atoms with van der Waals surface area (Å²) >= 11 is 0. The fourth-order valence-electron chi connectivity index (χ4n) is 3.53. The monoisotopic (exact) mass is 471 g/mol. The number of hydrogen-bond acceptors (Lipinski definition) is 10. The lowest BCUT2D eigenvalue weighted by atomic mass is 9.98. The molecule has 4 atom stereocenters. The molecule has 0 aliphatic carbocycles. The van der Waals surface area contributed by atoms with Crippen molar-refractivity contribution >= 4 is 11.8 Å². The van der Waals surface area contributed by atoms with Crippen LogP contribution in [0, 0.1) is 0 Å². The van der Waals surface area contributed by atoms with Crippen LogP contribution in [0.4, 0.5) is 19.0 Å². The zero-order valence-electron chi connectivity index (χ0n) is 17.4. The Morgan fingerprint density at radius 2 is 1.97 bits per heavy atom. The van der Waals surface area contributed by atoms with Gasteiger partial charge in [0, 0.05) is 0 Å². The Labute approximate surface area is 185 Å². The Kier molecular flexibility index (Phi) is 6.07. The van der Waals surface area contributed by atoms with Crippen molar-refractivity contribution in [1.29, 1.82) is 0 Å².